The Kier molecular flexibility index (Phi) is 3.98. The van der Waals surface area contributed by atoms with E-state index in [0.717, 1.165) is 18.2 Å². The first-order valence-electron chi connectivity index (χ1n) is 4.74. The molecule has 0 fully saturated rings. The van der Waals surface area contributed by atoms with E-state index >= 15 is 0 Å². The van der Waals surface area contributed by atoms with Gasteiger partial charge in [0, 0.05) is 11.6 Å². The Hall–Kier alpha value is -1.01. The number of rotatable bonds is 4. The molecule has 0 bridgehead atoms. The maximum absolute atomic E-state index is 13.2. The Balaban J connectivity index is 2.92. The lowest BCUT2D eigenvalue weighted by atomic mass is 10.2. The molecule has 0 spiro atoms. The first kappa shape index (κ1) is 13.1. The summed E-state index contributed by atoms with van der Waals surface area (Å²) in [6.45, 7) is 3.30. The third kappa shape index (κ3) is 3.86. The van der Waals surface area contributed by atoms with Gasteiger partial charge in [0.25, 0.3) is 0 Å². The molecular formula is C10H13F2NO2S. The van der Waals surface area contributed by atoms with Crippen LogP contribution in [-0.2, 0) is 15.8 Å². The molecule has 16 heavy (non-hydrogen) atoms. The van der Waals surface area contributed by atoms with Crippen molar-refractivity contribution in [3.63, 3.8) is 0 Å². The summed E-state index contributed by atoms with van der Waals surface area (Å²) in [5.41, 5.74) is -0.173. The lowest BCUT2D eigenvalue weighted by Crippen LogP contribution is -2.31. The second-order valence-electron chi connectivity index (χ2n) is 3.77. The molecule has 90 valence electrons. The number of hydrogen-bond donors (Lipinski definition) is 1. The standard InChI is InChI=1S/C10H13F2NO2S/c1-7(2)13-16(14,15)6-8-5-9(11)3-4-10(8)12/h3-5,7,13H,6H2,1-2H3. The largest absolute Gasteiger partial charge is 0.216 e. The van der Waals surface area contributed by atoms with E-state index in [-0.39, 0.29) is 11.6 Å². The van der Waals surface area contributed by atoms with Crippen molar-refractivity contribution >= 4 is 10.0 Å². The van der Waals surface area contributed by atoms with E-state index in [1.54, 1.807) is 13.8 Å². The summed E-state index contributed by atoms with van der Waals surface area (Å²) in [4.78, 5) is 0. The normalized spacial score (nSPS) is 12.1. The maximum atomic E-state index is 13.2. The van der Waals surface area contributed by atoms with E-state index in [4.69, 9.17) is 0 Å². The third-order valence-corrected chi connectivity index (χ3v) is 3.29. The molecule has 0 aliphatic heterocycles. The summed E-state index contributed by atoms with van der Waals surface area (Å²) in [5, 5.41) is 0. The molecule has 0 radical (unpaired) electrons. The van der Waals surface area contributed by atoms with E-state index in [0.29, 0.717) is 0 Å². The van der Waals surface area contributed by atoms with E-state index in [1.807, 2.05) is 0 Å². The average Bonchev–Trinajstić information content (AvgIpc) is 2.08. The van der Waals surface area contributed by atoms with E-state index in [1.165, 1.54) is 0 Å². The van der Waals surface area contributed by atoms with Gasteiger partial charge in [-0.25, -0.2) is 21.9 Å². The molecule has 0 heterocycles. The molecule has 3 nitrogen and oxygen atoms in total. The van der Waals surface area contributed by atoms with Gasteiger partial charge in [-0.1, -0.05) is 0 Å². The number of sulfonamides is 1. The maximum Gasteiger partial charge on any atom is 0.216 e. The van der Waals surface area contributed by atoms with Crippen LogP contribution in [0, 0.1) is 11.6 Å². The SMILES string of the molecule is CC(C)NS(=O)(=O)Cc1cc(F)ccc1F. The van der Waals surface area contributed by atoms with Crippen molar-refractivity contribution in [3.8, 4) is 0 Å². The summed E-state index contributed by atoms with van der Waals surface area (Å²) in [6, 6.07) is 2.47. The highest BCUT2D eigenvalue weighted by atomic mass is 32.2. The molecule has 0 aliphatic rings. The van der Waals surface area contributed by atoms with Gasteiger partial charge in [-0.05, 0) is 32.0 Å². The minimum absolute atomic E-state index is 0.173. The van der Waals surface area contributed by atoms with E-state index < -0.39 is 27.4 Å². The van der Waals surface area contributed by atoms with Crippen molar-refractivity contribution in [2.75, 3.05) is 0 Å². The first-order chi connectivity index (χ1) is 7.30. The molecule has 1 N–H and O–H groups in total. The molecule has 0 atom stereocenters. The minimum atomic E-state index is -3.63. The molecule has 0 unspecified atom stereocenters. The van der Waals surface area contributed by atoms with Crippen LogP contribution >= 0.6 is 0 Å². The molecule has 1 rings (SSSR count). The fourth-order valence-corrected chi connectivity index (χ4v) is 2.69. The van der Waals surface area contributed by atoms with Crippen LogP contribution in [0.5, 0.6) is 0 Å². The lowest BCUT2D eigenvalue weighted by molar-refractivity contribution is 0.561. The third-order valence-electron chi connectivity index (χ3n) is 1.77. The lowest BCUT2D eigenvalue weighted by Gasteiger charge is -2.09. The Morgan fingerprint density at radius 1 is 1.31 bits per heavy atom. The van der Waals surface area contributed by atoms with Crippen molar-refractivity contribution in [1.82, 2.24) is 4.72 Å². The zero-order valence-electron chi connectivity index (χ0n) is 9.00. The average molecular weight is 249 g/mol. The van der Waals surface area contributed by atoms with Gasteiger partial charge in [-0.3, -0.25) is 0 Å². The van der Waals surface area contributed by atoms with Crippen molar-refractivity contribution < 1.29 is 17.2 Å². The predicted molar refractivity (Wildman–Crippen MR) is 57.3 cm³/mol. The molecule has 6 heteroatoms. The summed E-state index contributed by atoms with van der Waals surface area (Å²) >= 11 is 0. The Morgan fingerprint density at radius 2 is 1.94 bits per heavy atom. The molecule has 0 saturated heterocycles. The van der Waals surface area contributed by atoms with E-state index in [2.05, 4.69) is 4.72 Å². The van der Waals surface area contributed by atoms with Gasteiger partial charge >= 0.3 is 0 Å². The van der Waals surface area contributed by atoms with Crippen LogP contribution in [0.25, 0.3) is 0 Å². The molecule has 1 aromatic carbocycles. The number of benzene rings is 1. The summed E-state index contributed by atoms with van der Waals surface area (Å²) in [7, 11) is -3.63. The van der Waals surface area contributed by atoms with E-state index in [9.17, 15) is 17.2 Å². The predicted octanol–water partition coefficient (Wildman–Crippen LogP) is 1.79. The van der Waals surface area contributed by atoms with Gasteiger partial charge in [0.1, 0.15) is 11.6 Å². The quantitative estimate of drug-likeness (QED) is 0.884. The van der Waals surface area contributed by atoms with Gasteiger partial charge in [-0.15, -0.1) is 0 Å². The number of hydrogen-bond acceptors (Lipinski definition) is 2. The van der Waals surface area contributed by atoms with Crippen molar-refractivity contribution in [1.29, 1.82) is 0 Å². The Morgan fingerprint density at radius 3 is 2.50 bits per heavy atom. The monoisotopic (exact) mass is 249 g/mol. The van der Waals surface area contributed by atoms with Crippen LogP contribution in [0.2, 0.25) is 0 Å². The molecule has 0 saturated carbocycles. The zero-order chi connectivity index (χ0) is 12.3. The van der Waals surface area contributed by atoms with Crippen LogP contribution in [0.3, 0.4) is 0 Å². The fraction of sp³-hybridized carbons (Fsp3) is 0.400. The minimum Gasteiger partial charge on any atom is -0.212 e. The van der Waals surface area contributed by atoms with Gasteiger partial charge in [0.2, 0.25) is 10.0 Å². The first-order valence-corrected chi connectivity index (χ1v) is 6.39. The molecule has 0 aliphatic carbocycles. The van der Waals surface area contributed by atoms with Crippen molar-refractivity contribution in [2.45, 2.75) is 25.6 Å². The summed E-state index contributed by atoms with van der Waals surface area (Å²) < 4.78 is 51.2. The van der Waals surface area contributed by atoms with Crippen LogP contribution in [-0.4, -0.2) is 14.5 Å². The highest BCUT2D eigenvalue weighted by Gasteiger charge is 2.16. The summed E-state index contributed by atoms with van der Waals surface area (Å²) in [6.07, 6.45) is 0. The molecule has 1 aromatic rings. The fourth-order valence-electron chi connectivity index (χ4n) is 1.26. The van der Waals surface area contributed by atoms with Crippen LogP contribution in [0.4, 0.5) is 8.78 Å². The zero-order valence-corrected chi connectivity index (χ0v) is 9.81. The topological polar surface area (TPSA) is 46.2 Å². The van der Waals surface area contributed by atoms with Gasteiger partial charge in [-0.2, -0.15) is 0 Å². The Labute approximate surface area is 93.5 Å². The molecular weight excluding hydrogens is 236 g/mol. The molecule has 0 aromatic heterocycles. The van der Waals surface area contributed by atoms with Crippen LogP contribution in [0.15, 0.2) is 18.2 Å². The smallest absolute Gasteiger partial charge is 0.212 e. The number of nitrogens with one attached hydrogen (secondary N) is 1. The summed E-state index contributed by atoms with van der Waals surface area (Å²) in [5.74, 6) is -1.94. The highest BCUT2D eigenvalue weighted by molar-refractivity contribution is 7.88. The highest BCUT2D eigenvalue weighted by Crippen LogP contribution is 2.12. The van der Waals surface area contributed by atoms with Crippen LogP contribution in [0.1, 0.15) is 19.4 Å². The second-order valence-corrected chi connectivity index (χ2v) is 5.52. The Bertz CT molecular complexity index is 472. The van der Waals surface area contributed by atoms with Crippen LogP contribution < -0.4 is 4.72 Å². The van der Waals surface area contributed by atoms with Gasteiger partial charge < -0.3 is 0 Å². The number of halogens is 2. The molecule has 0 amide bonds. The van der Waals surface area contributed by atoms with Crippen molar-refractivity contribution in [2.24, 2.45) is 0 Å². The van der Waals surface area contributed by atoms with Gasteiger partial charge in [0.05, 0.1) is 5.75 Å². The second kappa shape index (κ2) is 4.88. The van der Waals surface area contributed by atoms with Gasteiger partial charge in [0.15, 0.2) is 0 Å². The van der Waals surface area contributed by atoms with Crippen molar-refractivity contribution in [3.05, 3.63) is 35.4 Å².